The van der Waals surface area contributed by atoms with E-state index in [1.54, 1.807) is 0 Å². The maximum Gasteiger partial charge on any atom is 0.134 e. The van der Waals surface area contributed by atoms with Crippen LogP contribution in [0.15, 0.2) is 34.8 Å². The third-order valence-electron chi connectivity index (χ3n) is 2.30. The Bertz CT molecular complexity index is 463. The molecule has 0 aliphatic heterocycles. The third-order valence-corrected chi connectivity index (χ3v) is 2.30. The first kappa shape index (κ1) is 9.07. The molecular formula is C13H14O. The van der Waals surface area contributed by atoms with Crippen LogP contribution >= 0.6 is 0 Å². The highest BCUT2D eigenvalue weighted by molar-refractivity contribution is 5.80. The van der Waals surface area contributed by atoms with Crippen LogP contribution in [0.3, 0.4) is 0 Å². The van der Waals surface area contributed by atoms with Crippen molar-refractivity contribution in [2.24, 2.45) is 0 Å². The van der Waals surface area contributed by atoms with Gasteiger partial charge < -0.3 is 4.42 Å². The first-order valence-corrected chi connectivity index (χ1v) is 4.98. The van der Waals surface area contributed by atoms with Gasteiger partial charge in [0.15, 0.2) is 0 Å². The van der Waals surface area contributed by atoms with Gasteiger partial charge in [0.05, 0.1) is 0 Å². The first-order valence-electron chi connectivity index (χ1n) is 4.98. The van der Waals surface area contributed by atoms with E-state index in [9.17, 15) is 0 Å². The van der Waals surface area contributed by atoms with Crippen LogP contribution in [0.25, 0.3) is 17.0 Å². The number of rotatable bonds is 2. The lowest BCUT2D eigenvalue weighted by atomic mass is 10.1. The Labute approximate surface area is 84.0 Å². The average molecular weight is 186 g/mol. The monoisotopic (exact) mass is 186 g/mol. The number of hydrogen-bond donors (Lipinski definition) is 0. The Hall–Kier alpha value is -1.50. The van der Waals surface area contributed by atoms with Crippen LogP contribution in [0, 0.1) is 0 Å². The van der Waals surface area contributed by atoms with Crippen LogP contribution in [0.2, 0.25) is 0 Å². The molecule has 0 aliphatic carbocycles. The summed E-state index contributed by atoms with van der Waals surface area (Å²) in [5.74, 6) is 1.05. The number of hydrogen-bond acceptors (Lipinski definition) is 1. The molecule has 0 saturated heterocycles. The van der Waals surface area contributed by atoms with Crippen LogP contribution < -0.4 is 0 Å². The van der Waals surface area contributed by atoms with Crippen molar-refractivity contribution in [2.75, 3.05) is 0 Å². The molecule has 0 fully saturated rings. The number of furan rings is 1. The molecule has 1 nitrogen and oxygen atoms in total. The molecule has 0 radical (unpaired) electrons. The Kier molecular flexibility index (Phi) is 2.40. The molecule has 0 bridgehead atoms. The molecule has 0 atom stereocenters. The molecule has 1 heteroatoms. The molecule has 0 aliphatic rings. The Morgan fingerprint density at radius 3 is 2.86 bits per heavy atom. The van der Waals surface area contributed by atoms with Crippen LogP contribution in [0.5, 0.6) is 0 Å². The van der Waals surface area contributed by atoms with Crippen molar-refractivity contribution in [2.45, 2.75) is 20.3 Å². The van der Waals surface area contributed by atoms with E-state index < -0.39 is 0 Å². The van der Waals surface area contributed by atoms with Gasteiger partial charge in [-0.3, -0.25) is 0 Å². The summed E-state index contributed by atoms with van der Waals surface area (Å²) >= 11 is 0. The predicted octanol–water partition coefficient (Wildman–Crippen LogP) is 4.03. The van der Waals surface area contributed by atoms with E-state index in [4.69, 9.17) is 4.42 Å². The summed E-state index contributed by atoms with van der Waals surface area (Å²) in [6.07, 6.45) is 5.09. The molecule has 0 saturated carbocycles. The standard InChI is InChI=1S/C13H14O/c1-3-5-10-6-7-13-11(8-10)9-12(4-2)14-13/h3,5-9H,4H2,1-2H3/b5-3-. The number of allylic oxidation sites excluding steroid dienone is 1. The molecule has 0 spiro atoms. The maximum absolute atomic E-state index is 5.63. The quantitative estimate of drug-likeness (QED) is 0.690. The minimum atomic E-state index is 0.952. The Morgan fingerprint density at radius 2 is 2.14 bits per heavy atom. The van der Waals surface area contributed by atoms with E-state index >= 15 is 0 Å². The van der Waals surface area contributed by atoms with Gasteiger partial charge in [0, 0.05) is 11.8 Å². The molecule has 2 aromatic rings. The van der Waals surface area contributed by atoms with E-state index in [2.05, 4.69) is 31.2 Å². The summed E-state index contributed by atoms with van der Waals surface area (Å²) in [5.41, 5.74) is 2.21. The summed E-state index contributed by atoms with van der Waals surface area (Å²) in [6.45, 7) is 4.13. The van der Waals surface area contributed by atoms with Gasteiger partial charge in [-0.25, -0.2) is 0 Å². The molecule has 0 N–H and O–H groups in total. The molecule has 14 heavy (non-hydrogen) atoms. The lowest BCUT2D eigenvalue weighted by Crippen LogP contribution is -1.69. The van der Waals surface area contributed by atoms with Crippen LogP contribution in [0.4, 0.5) is 0 Å². The van der Waals surface area contributed by atoms with Crippen LogP contribution in [-0.2, 0) is 6.42 Å². The summed E-state index contributed by atoms with van der Waals surface area (Å²) in [7, 11) is 0. The molecule has 2 rings (SSSR count). The average Bonchev–Trinajstić information content (AvgIpc) is 2.60. The Morgan fingerprint density at radius 1 is 1.29 bits per heavy atom. The molecule has 1 aromatic carbocycles. The maximum atomic E-state index is 5.63. The lowest BCUT2D eigenvalue weighted by Gasteiger charge is -1.91. The van der Waals surface area contributed by atoms with Crippen molar-refractivity contribution in [3.05, 3.63) is 41.7 Å². The van der Waals surface area contributed by atoms with E-state index in [1.165, 1.54) is 10.9 Å². The van der Waals surface area contributed by atoms with Gasteiger partial charge in [-0.1, -0.05) is 25.1 Å². The van der Waals surface area contributed by atoms with Crippen molar-refractivity contribution in [3.8, 4) is 0 Å². The minimum Gasteiger partial charge on any atom is -0.461 e. The number of aryl methyl sites for hydroxylation is 1. The van der Waals surface area contributed by atoms with Crippen molar-refractivity contribution in [1.82, 2.24) is 0 Å². The molecule has 1 aromatic heterocycles. The summed E-state index contributed by atoms with van der Waals surface area (Å²) in [6, 6.07) is 8.37. The zero-order valence-electron chi connectivity index (χ0n) is 8.58. The van der Waals surface area contributed by atoms with Crippen LogP contribution in [-0.4, -0.2) is 0 Å². The van der Waals surface area contributed by atoms with E-state index in [0.29, 0.717) is 0 Å². The highest BCUT2D eigenvalue weighted by atomic mass is 16.3. The predicted molar refractivity (Wildman–Crippen MR) is 60.3 cm³/mol. The second-order valence-electron chi connectivity index (χ2n) is 3.36. The second kappa shape index (κ2) is 3.70. The normalized spacial score (nSPS) is 11.6. The smallest absolute Gasteiger partial charge is 0.134 e. The number of fused-ring (bicyclic) bond motifs is 1. The summed E-state index contributed by atoms with van der Waals surface area (Å²) in [5, 5.41) is 1.19. The highest BCUT2D eigenvalue weighted by Crippen LogP contribution is 2.21. The molecular weight excluding hydrogens is 172 g/mol. The van der Waals surface area contributed by atoms with Gasteiger partial charge in [0.25, 0.3) is 0 Å². The summed E-state index contributed by atoms with van der Waals surface area (Å²) in [4.78, 5) is 0. The molecule has 72 valence electrons. The zero-order chi connectivity index (χ0) is 9.97. The van der Waals surface area contributed by atoms with Gasteiger partial charge in [-0.05, 0) is 30.7 Å². The SMILES string of the molecule is C/C=C\c1ccc2oc(CC)cc2c1. The van der Waals surface area contributed by atoms with E-state index in [0.717, 1.165) is 17.8 Å². The van der Waals surface area contributed by atoms with Gasteiger partial charge in [-0.2, -0.15) is 0 Å². The highest BCUT2D eigenvalue weighted by Gasteiger charge is 2.01. The lowest BCUT2D eigenvalue weighted by molar-refractivity contribution is 0.557. The van der Waals surface area contributed by atoms with Gasteiger partial charge in [0.2, 0.25) is 0 Å². The fraction of sp³-hybridized carbons (Fsp3) is 0.231. The van der Waals surface area contributed by atoms with Gasteiger partial charge in [-0.15, -0.1) is 0 Å². The van der Waals surface area contributed by atoms with Gasteiger partial charge >= 0.3 is 0 Å². The van der Waals surface area contributed by atoms with E-state index in [1.807, 2.05) is 19.1 Å². The minimum absolute atomic E-state index is 0.952. The molecule has 0 unspecified atom stereocenters. The Balaban J connectivity index is 2.53. The van der Waals surface area contributed by atoms with Crippen molar-refractivity contribution < 1.29 is 4.42 Å². The van der Waals surface area contributed by atoms with Crippen LogP contribution in [0.1, 0.15) is 25.2 Å². The largest absolute Gasteiger partial charge is 0.461 e. The third kappa shape index (κ3) is 1.58. The first-order chi connectivity index (χ1) is 6.83. The fourth-order valence-corrected chi connectivity index (χ4v) is 1.59. The molecule has 0 amide bonds. The van der Waals surface area contributed by atoms with Crippen molar-refractivity contribution in [1.29, 1.82) is 0 Å². The number of benzene rings is 1. The van der Waals surface area contributed by atoms with E-state index in [-0.39, 0.29) is 0 Å². The molecule has 1 heterocycles. The topological polar surface area (TPSA) is 13.1 Å². The van der Waals surface area contributed by atoms with Gasteiger partial charge in [0.1, 0.15) is 11.3 Å². The fourth-order valence-electron chi connectivity index (χ4n) is 1.59. The van der Waals surface area contributed by atoms with Crippen molar-refractivity contribution >= 4 is 17.0 Å². The second-order valence-corrected chi connectivity index (χ2v) is 3.36. The zero-order valence-corrected chi connectivity index (χ0v) is 8.58. The summed E-state index contributed by atoms with van der Waals surface area (Å²) < 4.78 is 5.63. The van der Waals surface area contributed by atoms with Crippen molar-refractivity contribution in [3.63, 3.8) is 0 Å².